The number of nitrogen functional groups attached to an aromatic ring is 1. The lowest BCUT2D eigenvalue weighted by molar-refractivity contribution is 0.445. The predicted molar refractivity (Wildman–Crippen MR) is 120 cm³/mol. The van der Waals surface area contributed by atoms with E-state index >= 15 is 0 Å². The van der Waals surface area contributed by atoms with Gasteiger partial charge in [0.2, 0.25) is 5.95 Å². The minimum absolute atomic E-state index is 0.141. The smallest absolute Gasteiger partial charge is 0.251 e. The van der Waals surface area contributed by atoms with Gasteiger partial charge in [0.1, 0.15) is 5.83 Å². The fraction of sp³-hybridized carbons (Fsp3) is 0.167. The van der Waals surface area contributed by atoms with E-state index in [9.17, 15) is 9.18 Å². The molecule has 0 fully saturated rings. The van der Waals surface area contributed by atoms with Crippen molar-refractivity contribution in [2.45, 2.75) is 19.9 Å². The van der Waals surface area contributed by atoms with E-state index in [1.807, 2.05) is 25.1 Å². The fourth-order valence-corrected chi connectivity index (χ4v) is 4.16. The molecule has 5 rings (SSSR count). The van der Waals surface area contributed by atoms with Crippen LogP contribution in [-0.4, -0.2) is 19.5 Å². The molecular formula is C24H20FN5O. The van der Waals surface area contributed by atoms with Crippen LogP contribution in [0.3, 0.4) is 0 Å². The number of fused-ring (bicyclic) bond motifs is 3. The van der Waals surface area contributed by atoms with Crippen molar-refractivity contribution < 1.29 is 4.39 Å². The summed E-state index contributed by atoms with van der Waals surface area (Å²) in [5.74, 6) is -0.196. The Kier molecular flexibility index (Phi) is 4.39. The monoisotopic (exact) mass is 413 g/mol. The Balaban J connectivity index is 1.81. The number of anilines is 1. The Bertz CT molecular complexity index is 1450. The molecule has 0 amide bonds. The molecule has 4 aromatic rings. The lowest BCUT2D eigenvalue weighted by Crippen LogP contribution is -2.29. The van der Waals surface area contributed by atoms with E-state index in [0.29, 0.717) is 5.57 Å². The second-order valence-corrected chi connectivity index (χ2v) is 7.83. The van der Waals surface area contributed by atoms with Crippen molar-refractivity contribution >= 4 is 27.8 Å². The number of halogens is 1. The fourth-order valence-electron chi connectivity index (χ4n) is 4.16. The van der Waals surface area contributed by atoms with Crippen LogP contribution in [0.5, 0.6) is 0 Å². The van der Waals surface area contributed by atoms with Gasteiger partial charge < -0.3 is 10.3 Å². The Morgan fingerprint density at radius 2 is 1.81 bits per heavy atom. The largest absolute Gasteiger partial charge is 0.368 e. The predicted octanol–water partition coefficient (Wildman–Crippen LogP) is 4.58. The van der Waals surface area contributed by atoms with E-state index in [0.717, 1.165) is 32.9 Å². The summed E-state index contributed by atoms with van der Waals surface area (Å²) in [4.78, 5) is 25.8. The first-order valence-corrected chi connectivity index (χ1v) is 10.0. The minimum Gasteiger partial charge on any atom is -0.368 e. The molecule has 2 unspecified atom stereocenters. The van der Waals surface area contributed by atoms with Gasteiger partial charge in [-0.1, -0.05) is 19.1 Å². The van der Waals surface area contributed by atoms with Gasteiger partial charge in [-0.05, 0) is 42.3 Å². The van der Waals surface area contributed by atoms with Crippen LogP contribution in [0.4, 0.5) is 10.3 Å². The van der Waals surface area contributed by atoms with Gasteiger partial charge in [-0.3, -0.25) is 9.78 Å². The Labute approximate surface area is 177 Å². The number of benzene rings is 1. The molecule has 0 saturated carbocycles. The van der Waals surface area contributed by atoms with E-state index in [2.05, 4.69) is 15.0 Å². The van der Waals surface area contributed by atoms with Gasteiger partial charge in [-0.25, -0.2) is 14.4 Å². The second-order valence-electron chi connectivity index (χ2n) is 7.83. The molecule has 1 aromatic carbocycles. The number of hydrogen-bond donors (Lipinski definition) is 1. The number of pyridine rings is 2. The minimum atomic E-state index is -0.301. The van der Waals surface area contributed by atoms with E-state index in [1.54, 1.807) is 42.2 Å². The van der Waals surface area contributed by atoms with Gasteiger partial charge in [-0.15, -0.1) is 0 Å². The van der Waals surface area contributed by atoms with Crippen molar-refractivity contribution in [1.82, 2.24) is 19.5 Å². The molecule has 0 saturated heterocycles. The quantitative estimate of drug-likeness (QED) is 0.486. The number of rotatable bonds is 2. The molecule has 1 aliphatic rings. The Morgan fingerprint density at radius 3 is 2.58 bits per heavy atom. The summed E-state index contributed by atoms with van der Waals surface area (Å²) in [7, 11) is 0. The van der Waals surface area contributed by atoms with Gasteiger partial charge in [0.05, 0.1) is 17.1 Å². The number of allylic oxidation sites excluding steroid dienone is 4. The highest BCUT2D eigenvalue weighted by Gasteiger charge is 2.26. The SMILES string of the molecule is CC1=C(F)C=CC(n2c(=O)ccc3cnc4ccc(-c5cnc(N)nc5)cc4c32)C1C. The summed E-state index contributed by atoms with van der Waals surface area (Å²) in [5.41, 5.74) is 9.34. The van der Waals surface area contributed by atoms with Gasteiger partial charge in [0, 0.05) is 46.9 Å². The average Bonchev–Trinajstić information content (AvgIpc) is 2.78. The van der Waals surface area contributed by atoms with Gasteiger partial charge in [0.15, 0.2) is 0 Å². The number of nitrogens with two attached hydrogens (primary N) is 1. The number of nitrogens with zero attached hydrogens (tertiary/aromatic N) is 4. The van der Waals surface area contributed by atoms with Crippen molar-refractivity contribution in [2.75, 3.05) is 5.73 Å². The van der Waals surface area contributed by atoms with Crippen LogP contribution in [0.25, 0.3) is 32.9 Å². The normalized spacial score (nSPS) is 18.8. The van der Waals surface area contributed by atoms with E-state index < -0.39 is 0 Å². The highest BCUT2D eigenvalue weighted by atomic mass is 19.1. The molecule has 1 aliphatic carbocycles. The van der Waals surface area contributed by atoms with Crippen LogP contribution in [0.15, 0.2) is 77.3 Å². The standard InChI is InChI=1S/C24H20FN5O/c1-13-14(2)21(7-5-19(13)25)30-22(31)8-4-16-10-27-20-6-3-15(9-18(20)23(16)30)17-11-28-24(26)29-12-17/h3-12,14,21H,1-2H3,(H2,26,28,29). The highest BCUT2D eigenvalue weighted by molar-refractivity contribution is 6.04. The van der Waals surface area contributed by atoms with Gasteiger partial charge in [0.25, 0.3) is 5.56 Å². The zero-order valence-corrected chi connectivity index (χ0v) is 17.1. The van der Waals surface area contributed by atoms with Crippen molar-refractivity contribution in [3.05, 3.63) is 82.8 Å². The Hall–Kier alpha value is -3.87. The van der Waals surface area contributed by atoms with E-state index in [1.165, 1.54) is 12.1 Å². The summed E-state index contributed by atoms with van der Waals surface area (Å²) in [5, 5.41) is 1.67. The van der Waals surface area contributed by atoms with Crippen molar-refractivity contribution in [1.29, 1.82) is 0 Å². The maximum atomic E-state index is 14.1. The molecule has 6 nitrogen and oxygen atoms in total. The lowest BCUT2D eigenvalue weighted by atomic mass is 9.88. The average molecular weight is 413 g/mol. The molecule has 7 heteroatoms. The zero-order chi connectivity index (χ0) is 21.7. The topological polar surface area (TPSA) is 86.7 Å². The molecule has 2 N–H and O–H groups in total. The van der Waals surface area contributed by atoms with Crippen molar-refractivity contribution in [3.8, 4) is 11.1 Å². The lowest BCUT2D eigenvalue weighted by Gasteiger charge is -2.28. The summed E-state index contributed by atoms with van der Waals surface area (Å²) < 4.78 is 15.9. The Morgan fingerprint density at radius 1 is 1.03 bits per heavy atom. The van der Waals surface area contributed by atoms with Crippen LogP contribution in [0.1, 0.15) is 19.9 Å². The molecule has 0 bridgehead atoms. The van der Waals surface area contributed by atoms with Gasteiger partial charge in [-0.2, -0.15) is 0 Å². The summed E-state index contributed by atoms with van der Waals surface area (Å²) >= 11 is 0. The second kappa shape index (κ2) is 7.12. The molecule has 31 heavy (non-hydrogen) atoms. The zero-order valence-electron chi connectivity index (χ0n) is 17.1. The molecular weight excluding hydrogens is 393 g/mol. The first kappa shape index (κ1) is 19.1. The maximum absolute atomic E-state index is 14.1. The molecule has 0 spiro atoms. The number of hydrogen-bond acceptors (Lipinski definition) is 5. The first-order chi connectivity index (χ1) is 14.9. The van der Waals surface area contributed by atoms with Crippen LogP contribution in [0, 0.1) is 5.92 Å². The molecule has 154 valence electrons. The molecule has 3 aromatic heterocycles. The summed E-state index contributed by atoms with van der Waals surface area (Å²) in [6.07, 6.45) is 8.31. The third kappa shape index (κ3) is 3.09. The van der Waals surface area contributed by atoms with Crippen LogP contribution in [0.2, 0.25) is 0 Å². The van der Waals surface area contributed by atoms with Crippen LogP contribution in [-0.2, 0) is 0 Å². The van der Waals surface area contributed by atoms with Gasteiger partial charge >= 0.3 is 0 Å². The third-order valence-electron chi connectivity index (χ3n) is 6.07. The molecule has 3 heterocycles. The maximum Gasteiger partial charge on any atom is 0.251 e. The first-order valence-electron chi connectivity index (χ1n) is 10.0. The highest BCUT2D eigenvalue weighted by Crippen LogP contribution is 2.36. The van der Waals surface area contributed by atoms with Crippen molar-refractivity contribution in [2.24, 2.45) is 5.92 Å². The number of aromatic nitrogens is 4. The van der Waals surface area contributed by atoms with Crippen molar-refractivity contribution in [3.63, 3.8) is 0 Å². The molecule has 2 atom stereocenters. The summed E-state index contributed by atoms with van der Waals surface area (Å²) in [6, 6.07) is 8.85. The van der Waals surface area contributed by atoms with Crippen LogP contribution >= 0.6 is 0 Å². The van der Waals surface area contributed by atoms with Crippen LogP contribution < -0.4 is 11.3 Å². The molecule has 0 radical (unpaired) electrons. The van der Waals surface area contributed by atoms with E-state index in [-0.39, 0.29) is 29.3 Å². The molecule has 0 aliphatic heterocycles. The third-order valence-corrected chi connectivity index (χ3v) is 6.07. The summed E-state index contributed by atoms with van der Waals surface area (Å²) in [6.45, 7) is 3.71. The van der Waals surface area contributed by atoms with E-state index in [4.69, 9.17) is 5.73 Å².